The molecule has 0 saturated carbocycles. The van der Waals surface area contributed by atoms with Gasteiger partial charge in [-0.3, -0.25) is 43.3 Å². The van der Waals surface area contributed by atoms with Crippen LogP contribution in [0.3, 0.4) is 0 Å². The number of carboxylic acids is 1. The van der Waals surface area contributed by atoms with E-state index in [-0.39, 0.29) is 75.8 Å². The summed E-state index contributed by atoms with van der Waals surface area (Å²) < 4.78 is 17.8. The number of benzene rings is 3. The molecular weight excluding hydrogens is 1220 g/mol. The van der Waals surface area contributed by atoms with Gasteiger partial charge in [0.15, 0.2) is 0 Å². The Morgan fingerprint density at radius 3 is 2.04 bits per heavy atom. The predicted octanol–water partition coefficient (Wildman–Crippen LogP) is 5.91. The maximum atomic E-state index is 14.8. The predicted molar refractivity (Wildman–Crippen MR) is 358 cm³/mol. The largest absolute Gasteiger partial charge is 0.481 e. The third-order valence-corrected chi connectivity index (χ3v) is 17.8. The number of hydrogen-bond acceptors (Lipinski definition) is 14. The van der Waals surface area contributed by atoms with Crippen molar-refractivity contribution in [2.45, 2.75) is 187 Å². The second-order valence-electron chi connectivity index (χ2n) is 25.4. The molecule has 12 atom stereocenters. The number of rotatable bonds is 37. The van der Waals surface area contributed by atoms with Gasteiger partial charge in [-0.05, 0) is 91.7 Å². The molecule has 1 aliphatic rings. The van der Waals surface area contributed by atoms with E-state index in [4.69, 9.17) is 25.1 Å². The van der Waals surface area contributed by atoms with Crippen molar-refractivity contribution in [3.05, 3.63) is 102 Å². The number of likely N-dealkylation sites (tertiary alicyclic amines) is 1. The molecule has 26 heteroatoms. The second-order valence-corrected chi connectivity index (χ2v) is 25.4. The topological polar surface area (TPSA) is 363 Å². The molecule has 522 valence electrons. The van der Waals surface area contributed by atoms with Gasteiger partial charge in [-0.25, -0.2) is 9.59 Å². The number of amides is 10. The molecule has 1 aliphatic heterocycles. The van der Waals surface area contributed by atoms with Gasteiger partial charge in [0.1, 0.15) is 30.8 Å². The smallest absolute Gasteiger partial charge is 0.410 e. The molecule has 0 bridgehead atoms. The van der Waals surface area contributed by atoms with Crippen LogP contribution in [-0.2, 0) is 65.6 Å². The molecule has 0 radical (unpaired) electrons. The number of carbonyl (C=O) groups excluding carboxylic acids is 9. The monoisotopic (exact) mass is 1320 g/mol. The number of carbonyl (C=O) groups is 10. The molecule has 0 aliphatic carbocycles. The van der Waals surface area contributed by atoms with Crippen molar-refractivity contribution in [3.8, 4) is 0 Å². The highest BCUT2D eigenvalue weighted by Crippen LogP contribution is 2.31. The zero-order chi connectivity index (χ0) is 70.2. The molecule has 10 amide bonds. The van der Waals surface area contributed by atoms with Crippen LogP contribution in [0.1, 0.15) is 136 Å². The highest BCUT2D eigenvalue weighted by Gasteiger charge is 2.44. The van der Waals surface area contributed by atoms with E-state index in [0.717, 1.165) is 10.9 Å². The Morgan fingerprint density at radius 1 is 0.747 bits per heavy atom. The third kappa shape index (κ3) is 22.2. The fraction of sp³-hybridized carbons (Fsp3) is 0.565. The van der Waals surface area contributed by atoms with Gasteiger partial charge in [-0.15, -0.1) is 0 Å². The number of anilines is 1. The molecule has 95 heavy (non-hydrogen) atoms. The van der Waals surface area contributed by atoms with Crippen LogP contribution in [0, 0.1) is 23.7 Å². The fourth-order valence-corrected chi connectivity index (χ4v) is 12.3. The first-order chi connectivity index (χ1) is 45.1. The van der Waals surface area contributed by atoms with Crippen LogP contribution in [0.5, 0.6) is 0 Å². The molecule has 0 spiro atoms. The number of ether oxygens (including phenoxy) is 3. The number of aromatic amines is 1. The summed E-state index contributed by atoms with van der Waals surface area (Å²) >= 11 is 0. The van der Waals surface area contributed by atoms with Crippen LogP contribution in [0.2, 0.25) is 0 Å². The number of fused-ring (bicyclic) bond motifs is 1. The average molecular weight is 1320 g/mol. The number of H-pyrrole nitrogens is 1. The number of aromatic nitrogens is 1. The number of para-hydroxylation sites is 1. The number of aliphatic hydroxyl groups is 1. The lowest BCUT2D eigenvalue weighted by Gasteiger charge is -2.41. The minimum atomic E-state index is -1.18. The minimum Gasteiger partial charge on any atom is -0.481 e. The number of nitrogens with two attached hydrogens (primary N) is 1. The SMILES string of the molecule is CC[C@H](C)[C@@H]([C@@H](CC(=O)N1CCC[C@H]1[C@H](OC)[C@@H](C)C(=O)N[C@H](C)[C@@H](O)c1ccccc1)OC)N(C)C(=O)[C@@H](NC(=O)[C@H](C(C)C)N(C)C(=O)OCc1ccc(NC(=O)[C@H](CCCNC(N)=O)NC(=O)[C@@H](Cc2c[nH]c3ccccc23)NC(=O)CCCC(=O)O)cc1)C(C)C. The maximum absolute atomic E-state index is 14.8. The maximum Gasteiger partial charge on any atom is 0.410 e. The van der Waals surface area contributed by atoms with E-state index < -0.39 is 126 Å². The Balaban J connectivity index is 1.22. The van der Waals surface area contributed by atoms with E-state index in [1.54, 1.807) is 101 Å². The van der Waals surface area contributed by atoms with Crippen molar-refractivity contribution in [2.24, 2.45) is 29.4 Å². The molecule has 2 heterocycles. The fourth-order valence-electron chi connectivity index (χ4n) is 12.3. The number of aliphatic hydroxyl groups excluding tert-OH is 1. The highest BCUT2D eigenvalue weighted by atomic mass is 16.6. The number of nitrogens with zero attached hydrogens (tertiary/aromatic N) is 3. The van der Waals surface area contributed by atoms with Crippen LogP contribution in [0.15, 0.2) is 85.1 Å². The van der Waals surface area contributed by atoms with Gasteiger partial charge in [0, 0.05) is 83.5 Å². The zero-order valence-corrected chi connectivity index (χ0v) is 57.0. The summed E-state index contributed by atoms with van der Waals surface area (Å²) in [5.74, 6) is -6.29. The summed E-state index contributed by atoms with van der Waals surface area (Å²) in [5.41, 5.74) is 8.27. The van der Waals surface area contributed by atoms with Gasteiger partial charge >= 0.3 is 18.1 Å². The zero-order valence-electron chi connectivity index (χ0n) is 57.0. The van der Waals surface area contributed by atoms with Gasteiger partial charge < -0.3 is 76.8 Å². The molecule has 3 aromatic carbocycles. The van der Waals surface area contributed by atoms with Crippen molar-refractivity contribution < 1.29 is 72.4 Å². The number of primary amides is 1. The molecule has 1 aromatic heterocycles. The van der Waals surface area contributed by atoms with Gasteiger partial charge in [0.05, 0.1) is 48.8 Å². The van der Waals surface area contributed by atoms with Gasteiger partial charge in [-0.2, -0.15) is 0 Å². The molecule has 0 unspecified atom stereocenters. The van der Waals surface area contributed by atoms with Crippen LogP contribution in [0.25, 0.3) is 10.9 Å². The number of aliphatic carboxylic acids is 1. The Morgan fingerprint density at radius 2 is 1.42 bits per heavy atom. The summed E-state index contributed by atoms with van der Waals surface area (Å²) in [6.45, 7) is 14.8. The first kappa shape index (κ1) is 77.1. The van der Waals surface area contributed by atoms with E-state index in [9.17, 15) is 53.1 Å². The quantitative estimate of drug-likeness (QED) is 0.0235. The van der Waals surface area contributed by atoms with Crippen LogP contribution in [-0.4, -0.2) is 185 Å². The van der Waals surface area contributed by atoms with E-state index in [1.807, 2.05) is 56.3 Å². The lowest BCUT2D eigenvalue weighted by atomic mass is 9.89. The van der Waals surface area contributed by atoms with E-state index in [0.29, 0.717) is 48.2 Å². The van der Waals surface area contributed by atoms with Crippen LogP contribution >= 0.6 is 0 Å². The number of likely N-dealkylation sites (N-methyl/N-ethyl adjacent to an activating group) is 2. The van der Waals surface area contributed by atoms with E-state index in [2.05, 4.69) is 36.9 Å². The molecule has 26 nitrogen and oxygen atoms in total. The third-order valence-electron chi connectivity index (χ3n) is 17.8. The Labute approximate surface area is 557 Å². The first-order valence-electron chi connectivity index (χ1n) is 32.8. The minimum absolute atomic E-state index is 0.0282. The van der Waals surface area contributed by atoms with Gasteiger partial charge in [0.2, 0.25) is 41.4 Å². The molecule has 11 N–H and O–H groups in total. The van der Waals surface area contributed by atoms with Crippen LogP contribution in [0.4, 0.5) is 15.3 Å². The second kappa shape index (κ2) is 37.5. The van der Waals surface area contributed by atoms with E-state index >= 15 is 0 Å². The molecule has 1 saturated heterocycles. The number of hydrogen-bond donors (Lipinski definition) is 10. The number of nitrogens with one attached hydrogen (secondary N) is 7. The Hall–Kier alpha value is -8.62. The number of carboxylic acid groups (broad SMARTS) is 1. The summed E-state index contributed by atoms with van der Waals surface area (Å²) in [7, 11) is 6.07. The molecule has 4 aromatic rings. The standard InChI is InChI=1S/C69H101N11O15/c1-13-42(6)60(54(93-11)37-56(82)80-35-21-27-53(80)62(94-12)43(7)63(86)73-44(8)61(85)46-22-15-14-16-23-46)78(9)67(90)58(40(2)3)77-66(89)59(41(4)5)79(10)69(92)95-39-45-30-32-48(33-31-45)74-64(87)51(26-20-34-71-68(70)91)76-65(88)52(75-55(81)28-19-29-57(83)84)36-47-38-72-50-25-18-17-24-49(47)50/h14-18,22-25,30-33,38,40-44,51-54,58-62,72,85H,13,19-21,26-29,34-37,39H2,1-12H3,(H,73,86)(H,74,87)(H,75,81)(H,76,88)(H,77,89)(H,83,84)(H3,70,71,91)/t42-,43+,44+,51-,52+,53-,54+,58-,59-,60-,61+,62+/m0/s1. The summed E-state index contributed by atoms with van der Waals surface area (Å²) in [6, 6.07) is 15.8. The molecule has 5 rings (SSSR count). The van der Waals surface area contributed by atoms with E-state index in [1.165, 1.54) is 26.2 Å². The lowest BCUT2D eigenvalue weighted by molar-refractivity contribution is -0.148. The van der Waals surface area contributed by atoms with Crippen molar-refractivity contribution >= 4 is 76.0 Å². The lowest BCUT2D eigenvalue weighted by Crippen LogP contribution is -2.60. The first-order valence-corrected chi connectivity index (χ1v) is 32.8. The normalized spacial score (nSPS) is 16.5. The van der Waals surface area contributed by atoms with Crippen molar-refractivity contribution in [2.75, 3.05) is 46.7 Å². The molecule has 1 fully saturated rings. The molecular formula is C69H101N11O15. The number of urea groups is 1. The Kier molecular flexibility index (Phi) is 30.4. The van der Waals surface area contributed by atoms with Crippen molar-refractivity contribution in [1.29, 1.82) is 0 Å². The van der Waals surface area contributed by atoms with Crippen molar-refractivity contribution in [1.82, 2.24) is 46.3 Å². The Bertz CT molecular complexity index is 3200. The van der Waals surface area contributed by atoms with Gasteiger partial charge in [-0.1, -0.05) is 116 Å². The summed E-state index contributed by atoms with van der Waals surface area (Å²) in [5, 5.41) is 37.5. The average Bonchev–Trinajstić information content (AvgIpc) is 1.79. The van der Waals surface area contributed by atoms with Crippen LogP contribution < -0.4 is 37.6 Å². The summed E-state index contributed by atoms with van der Waals surface area (Å²) in [4.78, 5) is 143. The van der Waals surface area contributed by atoms with Gasteiger partial charge in [0.25, 0.3) is 0 Å². The van der Waals surface area contributed by atoms with Crippen molar-refractivity contribution in [3.63, 3.8) is 0 Å². The highest BCUT2D eigenvalue weighted by molar-refractivity contribution is 5.99. The summed E-state index contributed by atoms with van der Waals surface area (Å²) in [6.07, 6.45) is 0.197. The number of methoxy groups -OCH3 is 2.